The zero-order chi connectivity index (χ0) is 10.5. The molecule has 0 unspecified atom stereocenters. The van der Waals surface area contributed by atoms with E-state index in [0.717, 1.165) is 23.3 Å². The van der Waals surface area contributed by atoms with Crippen molar-refractivity contribution in [2.24, 2.45) is 17.3 Å². The Labute approximate surface area is 94.2 Å². The van der Waals surface area contributed by atoms with Gasteiger partial charge < -0.3 is 4.90 Å². The van der Waals surface area contributed by atoms with Crippen molar-refractivity contribution >= 4 is 0 Å². The maximum Gasteiger partial charge on any atom is 0.0101 e. The van der Waals surface area contributed by atoms with Crippen molar-refractivity contribution in [3.63, 3.8) is 0 Å². The Morgan fingerprint density at radius 2 is 1.60 bits per heavy atom. The minimum Gasteiger partial charge on any atom is -0.300 e. The van der Waals surface area contributed by atoms with Crippen molar-refractivity contribution in [1.82, 2.24) is 4.90 Å². The van der Waals surface area contributed by atoms with Crippen LogP contribution in [0.3, 0.4) is 0 Å². The second-order valence-electron chi connectivity index (χ2n) is 6.67. The second kappa shape index (κ2) is 3.48. The molecule has 15 heavy (non-hydrogen) atoms. The molecular formula is C14H25N. The van der Waals surface area contributed by atoms with Gasteiger partial charge in [-0.3, -0.25) is 0 Å². The third-order valence-electron chi connectivity index (χ3n) is 5.42. The van der Waals surface area contributed by atoms with Crippen molar-refractivity contribution in [3.05, 3.63) is 0 Å². The molecule has 2 aliphatic carbocycles. The van der Waals surface area contributed by atoms with Gasteiger partial charge in [-0.25, -0.2) is 0 Å². The van der Waals surface area contributed by atoms with Crippen molar-refractivity contribution in [2.45, 2.75) is 58.4 Å². The first kappa shape index (κ1) is 10.1. The van der Waals surface area contributed by atoms with Crippen LogP contribution in [0.15, 0.2) is 0 Å². The number of nitrogens with zero attached hydrogens (tertiary/aromatic N) is 1. The van der Waals surface area contributed by atoms with Crippen LogP contribution in [0.4, 0.5) is 0 Å². The molecule has 1 aliphatic heterocycles. The van der Waals surface area contributed by atoms with E-state index in [2.05, 4.69) is 18.7 Å². The minimum atomic E-state index is 0.859. The van der Waals surface area contributed by atoms with Gasteiger partial charge >= 0.3 is 0 Å². The van der Waals surface area contributed by atoms with E-state index in [4.69, 9.17) is 0 Å². The zero-order valence-electron chi connectivity index (χ0n) is 10.3. The molecule has 0 bridgehead atoms. The van der Waals surface area contributed by atoms with E-state index >= 15 is 0 Å². The van der Waals surface area contributed by atoms with Crippen molar-refractivity contribution < 1.29 is 0 Å². The third kappa shape index (κ3) is 1.84. The number of likely N-dealkylation sites (tertiary alicyclic amines) is 1. The van der Waals surface area contributed by atoms with E-state index in [0.29, 0.717) is 0 Å². The molecular weight excluding hydrogens is 182 g/mol. The summed E-state index contributed by atoms with van der Waals surface area (Å²) in [5.74, 6) is 1.95. The molecule has 0 radical (unpaired) electrons. The van der Waals surface area contributed by atoms with Gasteiger partial charge in [0.15, 0.2) is 0 Å². The Balaban J connectivity index is 1.46. The highest BCUT2D eigenvalue weighted by Crippen LogP contribution is 2.54. The maximum absolute atomic E-state index is 2.79. The fourth-order valence-corrected chi connectivity index (χ4v) is 3.51. The Bertz CT molecular complexity index is 226. The molecule has 0 aromatic rings. The molecule has 0 amide bonds. The number of hydrogen-bond donors (Lipinski definition) is 0. The SMILES string of the molecule is CC(C)C1CC(N2CCC3(CC2)CC3)C1. The topological polar surface area (TPSA) is 3.24 Å². The number of hydrogen-bond acceptors (Lipinski definition) is 1. The number of rotatable bonds is 2. The average Bonchev–Trinajstić information content (AvgIpc) is 2.86. The third-order valence-corrected chi connectivity index (χ3v) is 5.42. The molecule has 3 aliphatic rings. The largest absolute Gasteiger partial charge is 0.300 e. The molecule has 0 aromatic heterocycles. The predicted octanol–water partition coefficient (Wildman–Crippen LogP) is 3.30. The molecule has 2 saturated carbocycles. The van der Waals surface area contributed by atoms with E-state index in [1.807, 2.05) is 0 Å². The average molecular weight is 207 g/mol. The quantitative estimate of drug-likeness (QED) is 0.671. The van der Waals surface area contributed by atoms with Crippen LogP contribution in [0, 0.1) is 17.3 Å². The molecule has 0 N–H and O–H groups in total. The van der Waals surface area contributed by atoms with Crippen molar-refractivity contribution in [1.29, 1.82) is 0 Å². The lowest BCUT2D eigenvalue weighted by molar-refractivity contribution is 0.0278. The summed E-state index contributed by atoms with van der Waals surface area (Å²) in [5, 5.41) is 0. The van der Waals surface area contributed by atoms with Gasteiger partial charge in [0.05, 0.1) is 0 Å². The summed E-state index contributed by atoms with van der Waals surface area (Å²) in [4.78, 5) is 2.79. The van der Waals surface area contributed by atoms with E-state index < -0.39 is 0 Å². The number of piperidine rings is 1. The highest BCUT2D eigenvalue weighted by molar-refractivity contribution is 4.99. The van der Waals surface area contributed by atoms with Gasteiger partial charge in [0.25, 0.3) is 0 Å². The molecule has 1 heteroatoms. The fourth-order valence-electron chi connectivity index (χ4n) is 3.51. The smallest absolute Gasteiger partial charge is 0.0101 e. The minimum absolute atomic E-state index is 0.859. The first-order valence-corrected chi connectivity index (χ1v) is 6.93. The summed E-state index contributed by atoms with van der Waals surface area (Å²) >= 11 is 0. The van der Waals surface area contributed by atoms with Gasteiger partial charge in [0.2, 0.25) is 0 Å². The van der Waals surface area contributed by atoms with Gasteiger partial charge in [-0.05, 0) is 68.9 Å². The Kier molecular flexibility index (Phi) is 2.35. The van der Waals surface area contributed by atoms with Crippen LogP contribution in [0.25, 0.3) is 0 Å². The van der Waals surface area contributed by atoms with Gasteiger partial charge in [-0.1, -0.05) is 13.8 Å². The lowest BCUT2D eigenvalue weighted by atomic mass is 9.72. The summed E-state index contributed by atoms with van der Waals surface area (Å²) in [5.41, 5.74) is 0.859. The van der Waals surface area contributed by atoms with E-state index in [9.17, 15) is 0 Å². The molecule has 1 heterocycles. The molecule has 86 valence electrons. The molecule has 3 fully saturated rings. The highest BCUT2D eigenvalue weighted by Gasteiger charge is 2.46. The highest BCUT2D eigenvalue weighted by atomic mass is 15.2. The van der Waals surface area contributed by atoms with Crippen LogP contribution in [0.5, 0.6) is 0 Å². The van der Waals surface area contributed by atoms with Gasteiger partial charge in [0, 0.05) is 6.04 Å². The molecule has 1 spiro atoms. The molecule has 3 rings (SSSR count). The molecule has 0 atom stereocenters. The van der Waals surface area contributed by atoms with Crippen LogP contribution in [0.2, 0.25) is 0 Å². The Morgan fingerprint density at radius 1 is 1.00 bits per heavy atom. The summed E-state index contributed by atoms with van der Waals surface area (Å²) in [6.07, 6.45) is 9.08. The maximum atomic E-state index is 2.79. The Hall–Kier alpha value is -0.0400. The summed E-state index contributed by atoms with van der Waals surface area (Å²) in [6, 6.07) is 0.966. The van der Waals surface area contributed by atoms with Crippen molar-refractivity contribution in [2.75, 3.05) is 13.1 Å². The lowest BCUT2D eigenvalue weighted by Gasteiger charge is -2.47. The van der Waals surface area contributed by atoms with Crippen LogP contribution in [-0.2, 0) is 0 Å². The van der Waals surface area contributed by atoms with E-state index in [-0.39, 0.29) is 0 Å². The summed E-state index contributed by atoms with van der Waals surface area (Å²) in [7, 11) is 0. The fraction of sp³-hybridized carbons (Fsp3) is 1.00. The predicted molar refractivity (Wildman–Crippen MR) is 63.8 cm³/mol. The van der Waals surface area contributed by atoms with Crippen LogP contribution in [-0.4, -0.2) is 24.0 Å². The molecule has 0 aromatic carbocycles. The monoisotopic (exact) mass is 207 g/mol. The van der Waals surface area contributed by atoms with Crippen molar-refractivity contribution in [3.8, 4) is 0 Å². The summed E-state index contributed by atoms with van der Waals surface area (Å²) < 4.78 is 0. The van der Waals surface area contributed by atoms with E-state index in [1.165, 1.54) is 38.8 Å². The zero-order valence-corrected chi connectivity index (χ0v) is 10.3. The van der Waals surface area contributed by atoms with Crippen LogP contribution < -0.4 is 0 Å². The molecule has 1 saturated heterocycles. The van der Waals surface area contributed by atoms with Gasteiger partial charge in [-0.2, -0.15) is 0 Å². The molecule has 1 nitrogen and oxygen atoms in total. The first-order chi connectivity index (χ1) is 7.19. The Morgan fingerprint density at radius 3 is 2.07 bits per heavy atom. The van der Waals surface area contributed by atoms with E-state index in [1.54, 1.807) is 12.8 Å². The van der Waals surface area contributed by atoms with Crippen LogP contribution in [0.1, 0.15) is 52.4 Å². The standard InChI is InChI=1S/C14H25N/c1-11(2)12-9-13(10-12)15-7-5-14(3-4-14)6-8-15/h11-13H,3-10H2,1-2H3. The second-order valence-corrected chi connectivity index (χ2v) is 6.67. The summed E-state index contributed by atoms with van der Waals surface area (Å²) in [6.45, 7) is 7.59. The normalized spacial score (nSPS) is 39.4. The van der Waals surface area contributed by atoms with Gasteiger partial charge in [0.1, 0.15) is 0 Å². The van der Waals surface area contributed by atoms with Crippen LogP contribution >= 0.6 is 0 Å². The lowest BCUT2D eigenvalue weighted by Crippen LogP contribution is -2.49. The van der Waals surface area contributed by atoms with Gasteiger partial charge in [-0.15, -0.1) is 0 Å². The first-order valence-electron chi connectivity index (χ1n) is 6.93.